The van der Waals surface area contributed by atoms with Crippen molar-refractivity contribution in [2.45, 2.75) is 68.9 Å². The summed E-state index contributed by atoms with van der Waals surface area (Å²) in [5.74, 6) is 0. The number of nitriles is 1. The minimum Gasteiger partial charge on any atom is -0.368 e. The van der Waals surface area contributed by atoms with Gasteiger partial charge in [0.1, 0.15) is 5.60 Å². The summed E-state index contributed by atoms with van der Waals surface area (Å²) in [5, 5.41) is 8.67. The van der Waals surface area contributed by atoms with Gasteiger partial charge in [-0.3, -0.25) is 0 Å². The summed E-state index contributed by atoms with van der Waals surface area (Å²) >= 11 is 0. The third-order valence-corrected chi connectivity index (χ3v) is 4.54. The van der Waals surface area contributed by atoms with E-state index in [-0.39, 0.29) is 17.3 Å². The Morgan fingerprint density at radius 2 is 2.35 bits per heavy atom. The van der Waals surface area contributed by atoms with E-state index in [1.165, 1.54) is 0 Å². The van der Waals surface area contributed by atoms with E-state index in [1.54, 1.807) is 0 Å². The first kappa shape index (κ1) is 11.3. The Morgan fingerprint density at radius 3 is 3.18 bits per heavy atom. The van der Waals surface area contributed by atoms with Crippen LogP contribution < -0.4 is 0 Å². The van der Waals surface area contributed by atoms with Gasteiger partial charge in [0, 0.05) is 12.8 Å². The molecule has 92 valence electrons. The highest BCUT2D eigenvalue weighted by atomic mass is 16.6. The van der Waals surface area contributed by atoms with E-state index in [4.69, 9.17) is 14.7 Å². The number of fused-ring (bicyclic) bond motifs is 1. The fraction of sp³-hybridized carbons (Fsp3) is 0.786. The molecule has 1 aliphatic carbocycles. The molecule has 2 bridgehead atoms. The molecule has 0 radical (unpaired) electrons. The third-order valence-electron chi connectivity index (χ3n) is 4.54. The average Bonchev–Trinajstić information content (AvgIpc) is 2.51. The smallest absolute Gasteiger partial charge is 0.118 e. The molecule has 2 heterocycles. The summed E-state index contributed by atoms with van der Waals surface area (Å²) in [6, 6.07) is 2.21. The van der Waals surface area contributed by atoms with Gasteiger partial charge >= 0.3 is 0 Å². The molecule has 2 fully saturated rings. The zero-order valence-corrected chi connectivity index (χ0v) is 10.3. The minimum atomic E-state index is -0.214. The predicted octanol–water partition coefficient (Wildman–Crippen LogP) is 2.72. The Hall–Kier alpha value is -0.850. The van der Waals surface area contributed by atoms with Crippen LogP contribution in [-0.2, 0) is 9.47 Å². The first-order valence-electron chi connectivity index (χ1n) is 6.58. The Balaban J connectivity index is 1.81. The van der Waals surface area contributed by atoms with Crippen LogP contribution in [0.2, 0.25) is 0 Å². The first-order chi connectivity index (χ1) is 8.17. The third kappa shape index (κ3) is 1.63. The highest BCUT2D eigenvalue weighted by Gasteiger charge is 2.60. The predicted molar refractivity (Wildman–Crippen MR) is 63.3 cm³/mol. The van der Waals surface area contributed by atoms with Crippen LogP contribution in [0.4, 0.5) is 0 Å². The van der Waals surface area contributed by atoms with Gasteiger partial charge in [0.2, 0.25) is 0 Å². The molecule has 2 saturated heterocycles. The van der Waals surface area contributed by atoms with Crippen molar-refractivity contribution in [3.63, 3.8) is 0 Å². The molecule has 0 aromatic carbocycles. The molecule has 0 saturated carbocycles. The molecule has 3 rings (SSSR count). The van der Waals surface area contributed by atoms with Crippen molar-refractivity contribution in [3.05, 3.63) is 12.2 Å². The minimum absolute atomic E-state index is 0.145. The molecule has 0 N–H and O–H groups in total. The second-order valence-corrected chi connectivity index (χ2v) is 5.68. The molecule has 3 nitrogen and oxygen atoms in total. The van der Waals surface area contributed by atoms with E-state index in [0.717, 1.165) is 32.1 Å². The molecule has 0 amide bonds. The van der Waals surface area contributed by atoms with Crippen molar-refractivity contribution in [1.82, 2.24) is 0 Å². The van der Waals surface area contributed by atoms with Crippen molar-refractivity contribution >= 4 is 0 Å². The van der Waals surface area contributed by atoms with Crippen LogP contribution in [0, 0.1) is 11.3 Å². The van der Waals surface area contributed by atoms with Crippen LogP contribution in [0.1, 0.15) is 45.4 Å². The van der Waals surface area contributed by atoms with Crippen LogP contribution in [0.3, 0.4) is 0 Å². The summed E-state index contributed by atoms with van der Waals surface area (Å²) in [5.41, 5.74) is -0.359. The zero-order valence-electron chi connectivity index (χ0n) is 10.3. The van der Waals surface area contributed by atoms with Crippen LogP contribution >= 0.6 is 0 Å². The average molecular weight is 233 g/mol. The lowest BCUT2D eigenvalue weighted by Gasteiger charge is -2.47. The number of hydrogen-bond donors (Lipinski definition) is 0. The van der Waals surface area contributed by atoms with Gasteiger partial charge in [-0.25, -0.2) is 0 Å². The summed E-state index contributed by atoms with van der Waals surface area (Å²) in [4.78, 5) is 0. The van der Waals surface area contributed by atoms with Crippen molar-refractivity contribution in [1.29, 1.82) is 5.26 Å². The molecule has 17 heavy (non-hydrogen) atoms. The quantitative estimate of drug-likeness (QED) is 0.689. The molecule has 3 unspecified atom stereocenters. The van der Waals surface area contributed by atoms with Crippen molar-refractivity contribution in [2.24, 2.45) is 0 Å². The highest BCUT2D eigenvalue weighted by Crippen LogP contribution is 2.53. The Morgan fingerprint density at radius 1 is 1.47 bits per heavy atom. The maximum Gasteiger partial charge on any atom is 0.118 e. The monoisotopic (exact) mass is 233 g/mol. The second kappa shape index (κ2) is 3.83. The Labute approximate surface area is 102 Å². The number of ether oxygens (including phenoxy) is 2. The second-order valence-electron chi connectivity index (χ2n) is 5.68. The summed E-state index contributed by atoms with van der Waals surface area (Å²) < 4.78 is 12.5. The van der Waals surface area contributed by atoms with Gasteiger partial charge < -0.3 is 9.47 Å². The fourth-order valence-corrected chi connectivity index (χ4v) is 3.55. The van der Waals surface area contributed by atoms with Gasteiger partial charge in [-0.2, -0.15) is 5.26 Å². The SMILES string of the molecule is CC12CC[C@H](CCC#N)OC13C=CCC(C3)O2. The number of rotatable bonds is 2. The molecule has 0 aromatic heterocycles. The van der Waals surface area contributed by atoms with E-state index in [1.807, 2.05) is 0 Å². The van der Waals surface area contributed by atoms with E-state index in [2.05, 4.69) is 25.1 Å². The summed E-state index contributed by atoms with van der Waals surface area (Å²) in [6.45, 7) is 2.18. The standard InChI is InChI=1S/C14H19NO2/c1-13-8-6-11(5-3-9-15)17-14(13)7-2-4-12(10-14)16-13/h2,7,11-12H,3-6,8,10H2,1H3/t11-,12?,13?,14?/m0/s1. The Bertz CT molecular complexity index is 386. The lowest BCUT2D eigenvalue weighted by Crippen LogP contribution is -2.55. The van der Waals surface area contributed by atoms with E-state index in [0.29, 0.717) is 12.5 Å². The van der Waals surface area contributed by atoms with Gasteiger partial charge in [0.05, 0.1) is 23.9 Å². The molecule has 3 aliphatic rings. The van der Waals surface area contributed by atoms with E-state index in [9.17, 15) is 0 Å². The first-order valence-corrected chi connectivity index (χ1v) is 6.58. The molecule has 1 spiro atoms. The van der Waals surface area contributed by atoms with E-state index >= 15 is 0 Å². The van der Waals surface area contributed by atoms with Gasteiger partial charge in [-0.05, 0) is 32.6 Å². The molecule has 3 heteroatoms. The lowest BCUT2D eigenvalue weighted by molar-refractivity contribution is -0.189. The topological polar surface area (TPSA) is 42.2 Å². The number of hydrogen-bond acceptors (Lipinski definition) is 3. The largest absolute Gasteiger partial charge is 0.368 e. The van der Waals surface area contributed by atoms with Gasteiger partial charge in [-0.1, -0.05) is 12.2 Å². The normalized spacial score (nSPS) is 47.5. The maximum atomic E-state index is 8.67. The maximum absolute atomic E-state index is 8.67. The van der Waals surface area contributed by atoms with Crippen LogP contribution in [0.5, 0.6) is 0 Å². The van der Waals surface area contributed by atoms with Crippen molar-refractivity contribution in [2.75, 3.05) is 0 Å². The van der Waals surface area contributed by atoms with Crippen molar-refractivity contribution < 1.29 is 9.47 Å². The Kier molecular flexibility index (Phi) is 2.53. The number of nitrogens with zero attached hydrogens (tertiary/aromatic N) is 1. The van der Waals surface area contributed by atoms with E-state index < -0.39 is 0 Å². The lowest BCUT2D eigenvalue weighted by atomic mass is 9.74. The zero-order chi connectivity index (χ0) is 11.9. The molecule has 2 aliphatic heterocycles. The molecule has 0 aromatic rings. The van der Waals surface area contributed by atoms with Crippen LogP contribution in [-0.4, -0.2) is 23.4 Å². The fourth-order valence-electron chi connectivity index (χ4n) is 3.55. The highest BCUT2D eigenvalue weighted by molar-refractivity contribution is 5.23. The summed E-state index contributed by atoms with van der Waals surface area (Å²) in [7, 11) is 0. The van der Waals surface area contributed by atoms with Crippen molar-refractivity contribution in [3.8, 4) is 6.07 Å². The van der Waals surface area contributed by atoms with Gasteiger partial charge in [0.25, 0.3) is 0 Å². The van der Waals surface area contributed by atoms with Gasteiger partial charge in [-0.15, -0.1) is 0 Å². The van der Waals surface area contributed by atoms with Crippen LogP contribution in [0.15, 0.2) is 12.2 Å². The molecule has 4 atom stereocenters. The summed E-state index contributed by atoms with van der Waals surface area (Å²) in [6.07, 6.45) is 10.5. The molecular weight excluding hydrogens is 214 g/mol. The van der Waals surface area contributed by atoms with Crippen LogP contribution in [0.25, 0.3) is 0 Å². The van der Waals surface area contributed by atoms with Gasteiger partial charge in [0.15, 0.2) is 0 Å². The molecular formula is C14H19NO2.